The van der Waals surface area contributed by atoms with Gasteiger partial charge in [-0.1, -0.05) is 0 Å². The summed E-state index contributed by atoms with van der Waals surface area (Å²) >= 11 is 0. The molecule has 0 saturated carbocycles. The summed E-state index contributed by atoms with van der Waals surface area (Å²) in [7, 11) is 3.99. The van der Waals surface area contributed by atoms with Crippen LogP contribution in [0.1, 0.15) is 27.7 Å². The molecule has 1 N–H and O–H groups in total. The second-order valence-electron chi connectivity index (χ2n) is 4.84. The molecule has 0 aliphatic heterocycles. The van der Waals surface area contributed by atoms with Crippen LogP contribution in [0.2, 0.25) is 0 Å². The normalized spacial score (nSPS) is 12.3. The van der Waals surface area contributed by atoms with E-state index in [1.165, 1.54) is 0 Å². The molecule has 0 radical (unpaired) electrons. The number of likely N-dealkylation sites (N-methyl/N-ethyl adjacent to an activating group) is 1. The highest BCUT2D eigenvalue weighted by Gasteiger charge is 2.20. The van der Waals surface area contributed by atoms with Crippen molar-refractivity contribution in [2.75, 3.05) is 27.2 Å². The zero-order chi connectivity index (χ0) is 12.1. The van der Waals surface area contributed by atoms with Crippen molar-refractivity contribution in [3.63, 3.8) is 0 Å². The minimum absolute atomic E-state index is 0.0342. The fourth-order valence-corrected chi connectivity index (χ4v) is 0.766. The number of ether oxygens (including phenoxy) is 1. The van der Waals surface area contributed by atoms with Gasteiger partial charge >= 0.3 is 0 Å². The molecule has 0 heterocycles. The lowest BCUT2D eigenvalue weighted by molar-refractivity contribution is -0.127. The smallest absolute Gasteiger partial charge is 0.246 e. The van der Waals surface area contributed by atoms with E-state index in [0.29, 0.717) is 6.54 Å². The van der Waals surface area contributed by atoms with Gasteiger partial charge in [-0.2, -0.15) is 0 Å². The Morgan fingerprint density at radius 3 is 2.33 bits per heavy atom. The standard InChI is InChI=1S/C11H24N2O2/c1-9(2)15-7-10(14)12-8-11(3,4)13(5)6/h9H,7-8H2,1-6H3,(H,12,14). The van der Waals surface area contributed by atoms with E-state index >= 15 is 0 Å². The third kappa shape index (κ3) is 6.47. The SMILES string of the molecule is CC(C)OCC(=O)NCC(C)(C)N(C)C. The van der Waals surface area contributed by atoms with Crippen LogP contribution in [0.15, 0.2) is 0 Å². The van der Waals surface area contributed by atoms with E-state index in [2.05, 4.69) is 24.1 Å². The number of hydrogen-bond acceptors (Lipinski definition) is 3. The van der Waals surface area contributed by atoms with Crippen molar-refractivity contribution in [3.05, 3.63) is 0 Å². The summed E-state index contributed by atoms with van der Waals surface area (Å²) in [6.07, 6.45) is 0.0950. The molecule has 0 aromatic carbocycles. The molecule has 4 nitrogen and oxygen atoms in total. The summed E-state index contributed by atoms with van der Waals surface area (Å²) < 4.78 is 5.20. The monoisotopic (exact) mass is 216 g/mol. The maximum absolute atomic E-state index is 11.4. The zero-order valence-corrected chi connectivity index (χ0v) is 10.8. The van der Waals surface area contributed by atoms with Crippen molar-refractivity contribution in [2.45, 2.75) is 39.3 Å². The maximum Gasteiger partial charge on any atom is 0.246 e. The lowest BCUT2D eigenvalue weighted by Gasteiger charge is -2.32. The Hall–Kier alpha value is -0.610. The van der Waals surface area contributed by atoms with Crippen molar-refractivity contribution >= 4 is 5.91 Å². The predicted octanol–water partition coefficient (Wildman–Crippen LogP) is 0.868. The molecular formula is C11H24N2O2. The first kappa shape index (κ1) is 14.4. The number of amides is 1. The first-order chi connectivity index (χ1) is 6.75. The van der Waals surface area contributed by atoms with Crippen LogP contribution in [0.25, 0.3) is 0 Å². The van der Waals surface area contributed by atoms with Gasteiger partial charge in [0.1, 0.15) is 6.61 Å². The van der Waals surface area contributed by atoms with Crippen LogP contribution in [-0.2, 0) is 9.53 Å². The van der Waals surface area contributed by atoms with Gasteiger partial charge in [-0.3, -0.25) is 4.79 Å². The number of hydrogen-bond donors (Lipinski definition) is 1. The summed E-state index contributed by atoms with van der Waals surface area (Å²) in [4.78, 5) is 13.4. The fraction of sp³-hybridized carbons (Fsp3) is 0.909. The Morgan fingerprint density at radius 1 is 1.40 bits per heavy atom. The maximum atomic E-state index is 11.4. The summed E-state index contributed by atoms with van der Waals surface area (Å²) in [5.41, 5.74) is -0.0342. The van der Waals surface area contributed by atoms with Crippen LogP contribution in [-0.4, -0.2) is 49.7 Å². The molecule has 0 aromatic rings. The van der Waals surface area contributed by atoms with Crippen LogP contribution in [0.5, 0.6) is 0 Å². The number of nitrogens with zero attached hydrogens (tertiary/aromatic N) is 1. The van der Waals surface area contributed by atoms with Crippen molar-refractivity contribution in [2.24, 2.45) is 0 Å². The summed E-state index contributed by atoms with van der Waals surface area (Å²) in [5.74, 6) is -0.0568. The molecule has 0 aromatic heterocycles. The first-order valence-corrected chi connectivity index (χ1v) is 5.31. The third-order valence-corrected chi connectivity index (χ3v) is 2.48. The Labute approximate surface area is 93.0 Å². The Balaban J connectivity index is 3.80. The van der Waals surface area contributed by atoms with Crippen molar-refractivity contribution in [3.8, 4) is 0 Å². The highest BCUT2D eigenvalue weighted by Crippen LogP contribution is 2.07. The van der Waals surface area contributed by atoms with Gasteiger partial charge in [0.25, 0.3) is 0 Å². The number of rotatable bonds is 6. The van der Waals surface area contributed by atoms with Crippen LogP contribution in [0, 0.1) is 0 Å². The van der Waals surface area contributed by atoms with Gasteiger partial charge in [0, 0.05) is 12.1 Å². The summed E-state index contributed by atoms with van der Waals surface area (Å²) in [6.45, 7) is 8.75. The highest BCUT2D eigenvalue weighted by atomic mass is 16.5. The Morgan fingerprint density at radius 2 is 1.93 bits per heavy atom. The zero-order valence-electron chi connectivity index (χ0n) is 10.8. The summed E-state index contributed by atoms with van der Waals surface area (Å²) in [6, 6.07) is 0. The topological polar surface area (TPSA) is 41.6 Å². The minimum Gasteiger partial charge on any atom is -0.369 e. The van der Waals surface area contributed by atoms with Gasteiger partial charge in [-0.15, -0.1) is 0 Å². The molecule has 0 fully saturated rings. The van der Waals surface area contributed by atoms with Crippen LogP contribution in [0.4, 0.5) is 0 Å². The van der Waals surface area contributed by atoms with E-state index < -0.39 is 0 Å². The van der Waals surface area contributed by atoms with E-state index in [-0.39, 0.29) is 24.2 Å². The molecule has 0 aliphatic rings. The van der Waals surface area contributed by atoms with Crippen molar-refractivity contribution < 1.29 is 9.53 Å². The van der Waals surface area contributed by atoms with Crippen LogP contribution in [0.3, 0.4) is 0 Å². The minimum atomic E-state index is -0.0568. The molecule has 4 heteroatoms. The highest BCUT2D eigenvalue weighted by molar-refractivity contribution is 5.77. The largest absolute Gasteiger partial charge is 0.369 e. The van der Waals surface area contributed by atoms with Gasteiger partial charge in [0.2, 0.25) is 5.91 Å². The lowest BCUT2D eigenvalue weighted by atomic mass is 10.0. The van der Waals surface area contributed by atoms with E-state index in [1.54, 1.807) is 0 Å². The van der Waals surface area contributed by atoms with Crippen LogP contribution < -0.4 is 5.32 Å². The molecule has 0 aliphatic carbocycles. The second-order valence-corrected chi connectivity index (χ2v) is 4.84. The molecule has 0 rings (SSSR count). The number of carbonyl (C=O) groups is 1. The van der Waals surface area contributed by atoms with Crippen molar-refractivity contribution in [1.82, 2.24) is 10.2 Å². The first-order valence-electron chi connectivity index (χ1n) is 5.31. The second kappa shape index (κ2) is 6.08. The molecule has 0 saturated heterocycles. The molecule has 15 heavy (non-hydrogen) atoms. The summed E-state index contributed by atoms with van der Waals surface area (Å²) in [5, 5.41) is 2.85. The lowest BCUT2D eigenvalue weighted by Crippen LogP contribution is -2.48. The number of nitrogens with one attached hydrogen (secondary N) is 1. The quantitative estimate of drug-likeness (QED) is 0.716. The molecule has 0 bridgehead atoms. The Kier molecular flexibility index (Phi) is 5.83. The number of carbonyl (C=O) groups excluding carboxylic acids is 1. The van der Waals surface area contributed by atoms with Crippen LogP contribution >= 0.6 is 0 Å². The van der Waals surface area contributed by atoms with Gasteiger partial charge in [0.05, 0.1) is 6.10 Å². The third-order valence-electron chi connectivity index (χ3n) is 2.48. The van der Waals surface area contributed by atoms with E-state index in [1.807, 2.05) is 27.9 Å². The molecule has 90 valence electrons. The van der Waals surface area contributed by atoms with Gasteiger partial charge in [0.15, 0.2) is 0 Å². The average Bonchev–Trinajstić information content (AvgIpc) is 2.11. The van der Waals surface area contributed by atoms with E-state index in [0.717, 1.165) is 0 Å². The van der Waals surface area contributed by atoms with Crippen molar-refractivity contribution in [1.29, 1.82) is 0 Å². The average molecular weight is 216 g/mol. The van der Waals surface area contributed by atoms with E-state index in [9.17, 15) is 4.79 Å². The van der Waals surface area contributed by atoms with Gasteiger partial charge in [-0.05, 0) is 41.8 Å². The van der Waals surface area contributed by atoms with E-state index in [4.69, 9.17) is 4.74 Å². The van der Waals surface area contributed by atoms with Gasteiger partial charge < -0.3 is 15.0 Å². The van der Waals surface area contributed by atoms with Gasteiger partial charge in [-0.25, -0.2) is 0 Å². The predicted molar refractivity (Wildman–Crippen MR) is 61.9 cm³/mol. The Bertz CT molecular complexity index is 201. The fourth-order valence-electron chi connectivity index (χ4n) is 0.766. The molecule has 1 amide bonds. The molecular weight excluding hydrogens is 192 g/mol. The molecule has 0 unspecified atom stereocenters. The molecule has 0 atom stereocenters. The molecule has 0 spiro atoms.